The van der Waals surface area contributed by atoms with Gasteiger partial charge in [-0.2, -0.15) is 5.01 Å². The van der Waals surface area contributed by atoms with Crippen molar-refractivity contribution in [2.24, 2.45) is 0 Å². The van der Waals surface area contributed by atoms with Crippen LogP contribution in [-0.2, 0) is 20.9 Å². The molecule has 4 amide bonds. The Labute approximate surface area is 207 Å². The summed E-state index contributed by atoms with van der Waals surface area (Å²) < 4.78 is 5.79. The summed E-state index contributed by atoms with van der Waals surface area (Å²) in [6.45, 7) is 3.88. The quantitative estimate of drug-likeness (QED) is 0.573. The van der Waals surface area contributed by atoms with Gasteiger partial charge in [-0.25, -0.2) is 9.80 Å². The van der Waals surface area contributed by atoms with Crippen molar-refractivity contribution < 1.29 is 19.1 Å². The summed E-state index contributed by atoms with van der Waals surface area (Å²) in [7, 11) is 0. The van der Waals surface area contributed by atoms with Crippen LogP contribution in [0.5, 0.6) is 0 Å². The number of hydrogen-bond donors (Lipinski definition) is 1. The van der Waals surface area contributed by atoms with Crippen LogP contribution < -0.4 is 5.32 Å². The summed E-state index contributed by atoms with van der Waals surface area (Å²) in [5.74, 6) is 2.33. The maximum Gasteiger partial charge on any atom is 0.334 e. The minimum absolute atomic E-state index is 0.0150. The Morgan fingerprint density at radius 3 is 2.74 bits per heavy atom. The number of hydrazine groups is 1. The number of piperazine rings is 1. The first kappa shape index (κ1) is 25.0. The predicted octanol–water partition coefficient (Wildman–Crippen LogP) is 1.80. The van der Waals surface area contributed by atoms with Gasteiger partial charge >= 0.3 is 6.03 Å². The van der Waals surface area contributed by atoms with E-state index in [2.05, 4.69) is 18.2 Å². The van der Waals surface area contributed by atoms with E-state index < -0.39 is 12.2 Å². The average molecular weight is 482 g/mol. The van der Waals surface area contributed by atoms with E-state index in [1.165, 1.54) is 0 Å². The molecule has 1 N–H and O–H groups in total. The highest BCUT2D eigenvalue weighted by Crippen LogP contribution is 2.29. The highest BCUT2D eigenvalue weighted by Gasteiger charge is 2.51. The number of nitrogens with zero attached hydrogens (tertiary/aromatic N) is 4. The Bertz CT molecular complexity index is 943. The molecule has 3 heterocycles. The predicted molar refractivity (Wildman–Crippen MR) is 130 cm³/mol. The van der Waals surface area contributed by atoms with E-state index in [1.807, 2.05) is 30.3 Å². The van der Waals surface area contributed by atoms with E-state index in [4.69, 9.17) is 11.2 Å². The van der Waals surface area contributed by atoms with Crippen molar-refractivity contribution in [2.75, 3.05) is 32.8 Å². The maximum atomic E-state index is 13.5. The van der Waals surface area contributed by atoms with Crippen molar-refractivity contribution in [3.8, 4) is 12.3 Å². The number of carbonyl (C=O) groups is 3. The summed E-state index contributed by atoms with van der Waals surface area (Å²) in [5, 5.41) is 6.14. The topological polar surface area (TPSA) is 85.4 Å². The third kappa shape index (κ3) is 5.60. The van der Waals surface area contributed by atoms with Crippen molar-refractivity contribution in [3.63, 3.8) is 0 Å². The number of nitrogens with one attached hydrogen (secondary N) is 1. The Morgan fingerprint density at radius 1 is 1.26 bits per heavy atom. The summed E-state index contributed by atoms with van der Waals surface area (Å²) in [6, 6.07) is 8.70. The van der Waals surface area contributed by atoms with Gasteiger partial charge in [0.15, 0.2) is 0 Å². The number of rotatable bonds is 8. The molecule has 0 aromatic heterocycles. The van der Waals surface area contributed by atoms with Crippen LogP contribution in [0.4, 0.5) is 4.79 Å². The minimum atomic E-state index is -0.624. The first-order valence-electron chi connectivity index (χ1n) is 12.5. The van der Waals surface area contributed by atoms with Gasteiger partial charge in [-0.05, 0) is 24.8 Å². The van der Waals surface area contributed by atoms with Crippen LogP contribution >= 0.6 is 0 Å². The molecule has 3 fully saturated rings. The molecule has 0 spiro atoms. The maximum absolute atomic E-state index is 13.5. The van der Waals surface area contributed by atoms with E-state index in [0.717, 1.165) is 31.2 Å². The molecule has 0 aliphatic carbocycles. The van der Waals surface area contributed by atoms with Crippen molar-refractivity contribution >= 4 is 17.8 Å². The highest BCUT2D eigenvalue weighted by atomic mass is 16.5. The minimum Gasteiger partial charge on any atom is -0.376 e. The Morgan fingerprint density at radius 2 is 2.06 bits per heavy atom. The lowest BCUT2D eigenvalue weighted by atomic mass is 10.0. The third-order valence-electron chi connectivity index (χ3n) is 6.88. The average Bonchev–Trinajstić information content (AvgIpc) is 3.37. The largest absolute Gasteiger partial charge is 0.376 e. The molecule has 0 saturated carbocycles. The molecule has 1 aromatic rings. The van der Waals surface area contributed by atoms with E-state index >= 15 is 0 Å². The van der Waals surface area contributed by atoms with Gasteiger partial charge in [-0.3, -0.25) is 9.59 Å². The van der Waals surface area contributed by atoms with E-state index in [1.54, 1.807) is 19.8 Å². The van der Waals surface area contributed by atoms with Gasteiger partial charge in [0.25, 0.3) is 0 Å². The van der Waals surface area contributed by atoms with Gasteiger partial charge in [0, 0.05) is 19.7 Å². The molecular formula is C26H35N5O4. The number of hydrogen-bond acceptors (Lipinski definition) is 5. The van der Waals surface area contributed by atoms with E-state index in [9.17, 15) is 14.4 Å². The lowest BCUT2D eigenvalue weighted by Gasteiger charge is -2.55. The second-order valence-corrected chi connectivity index (χ2v) is 9.33. The molecule has 3 aliphatic rings. The van der Waals surface area contributed by atoms with Crippen molar-refractivity contribution in [3.05, 3.63) is 35.9 Å². The molecule has 35 heavy (non-hydrogen) atoms. The van der Waals surface area contributed by atoms with Crippen molar-refractivity contribution in [2.45, 2.75) is 63.9 Å². The summed E-state index contributed by atoms with van der Waals surface area (Å²) in [6.07, 6.45) is 9.12. The summed E-state index contributed by atoms with van der Waals surface area (Å²) >= 11 is 0. The molecule has 3 saturated heterocycles. The van der Waals surface area contributed by atoms with Crippen LogP contribution in [0.1, 0.15) is 44.6 Å². The fourth-order valence-electron chi connectivity index (χ4n) is 5.16. The molecule has 3 atom stereocenters. The smallest absolute Gasteiger partial charge is 0.334 e. The molecule has 188 valence electrons. The van der Waals surface area contributed by atoms with E-state index in [0.29, 0.717) is 26.1 Å². The molecular weight excluding hydrogens is 446 g/mol. The zero-order chi connectivity index (χ0) is 24.8. The molecule has 2 unspecified atom stereocenters. The molecule has 0 bridgehead atoms. The number of carbonyl (C=O) groups excluding carboxylic acids is 3. The fraction of sp³-hybridized carbons (Fsp3) is 0.577. The zero-order valence-corrected chi connectivity index (χ0v) is 20.4. The van der Waals surface area contributed by atoms with Crippen molar-refractivity contribution in [1.82, 2.24) is 25.1 Å². The molecule has 0 radical (unpaired) electrons. The number of benzene rings is 1. The highest BCUT2D eigenvalue weighted by molar-refractivity contribution is 5.91. The number of fused-ring (bicyclic) bond motifs is 1. The van der Waals surface area contributed by atoms with Crippen LogP contribution in [0.2, 0.25) is 0 Å². The number of urea groups is 1. The monoisotopic (exact) mass is 481 g/mol. The summed E-state index contributed by atoms with van der Waals surface area (Å²) in [4.78, 5) is 43.7. The Kier molecular flexibility index (Phi) is 8.26. The van der Waals surface area contributed by atoms with Gasteiger partial charge in [0.1, 0.15) is 12.2 Å². The van der Waals surface area contributed by atoms with Gasteiger partial charge < -0.3 is 19.9 Å². The van der Waals surface area contributed by atoms with Crippen LogP contribution in [0.3, 0.4) is 0 Å². The number of unbranched alkanes of at least 4 members (excludes halogenated alkanes) is 1. The SMILES string of the molecule is C#CCN1CC(=O)N2C(CN(CC3CCCO3)C(=O)[C@@H]2CCCC)N1C(=O)NCc1ccccc1. The number of terminal acetylenes is 1. The number of ether oxygens (including phenoxy) is 1. The second-order valence-electron chi connectivity index (χ2n) is 9.33. The normalized spacial score (nSPS) is 24.9. The van der Waals surface area contributed by atoms with Crippen molar-refractivity contribution in [1.29, 1.82) is 0 Å². The lowest BCUT2D eigenvalue weighted by Crippen LogP contribution is -2.76. The second kappa shape index (κ2) is 11.6. The molecule has 4 rings (SSSR count). The molecule has 9 heteroatoms. The number of amides is 4. The summed E-state index contributed by atoms with van der Waals surface area (Å²) in [5.41, 5.74) is 0.967. The van der Waals surface area contributed by atoms with Crippen LogP contribution in [0, 0.1) is 12.3 Å². The molecule has 9 nitrogen and oxygen atoms in total. The lowest BCUT2D eigenvalue weighted by molar-refractivity contribution is -0.190. The van der Waals surface area contributed by atoms with Crippen LogP contribution in [0.15, 0.2) is 30.3 Å². The van der Waals surface area contributed by atoms with Crippen LogP contribution in [-0.4, -0.2) is 88.8 Å². The van der Waals surface area contributed by atoms with Gasteiger partial charge in [0.05, 0.1) is 25.7 Å². The van der Waals surface area contributed by atoms with Gasteiger partial charge in [-0.15, -0.1) is 6.42 Å². The molecule has 3 aliphatic heterocycles. The fourth-order valence-corrected chi connectivity index (χ4v) is 5.16. The van der Waals surface area contributed by atoms with E-state index in [-0.39, 0.29) is 43.6 Å². The van der Waals surface area contributed by atoms with Gasteiger partial charge in [-0.1, -0.05) is 56.0 Å². The Hall–Kier alpha value is -3.09. The van der Waals surface area contributed by atoms with Gasteiger partial charge in [0.2, 0.25) is 11.8 Å². The Balaban J connectivity index is 1.61. The third-order valence-corrected chi connectivity index (χ3v) is 6.88. The zero-order valence-electron chi connectivity index (χ0n) is 20.4. The standard InChI is InChI=1S/C26H35N5O4/c1-3-5-13-22-25(33)28(17-21-12-9-15-35-21)18-23-30(22)24(32)19-29(14-4-2)31(23)26(34)27-16-20-10-7-6-8-11-20/h2,6-8,10-11,21-23H,3,5,9,12-19H2,1H3,(H,27,34)/t21?,22-,23?/m0/s1. The molecule has 1 aromatic carbocycles. The first-order chi connectivity index (χ1) is 17.0. The van der Waals surface area contributed by atoms with Crippen LogP contribution in [0.25, 0.3) is 0 Å². The first-order valence-corrected chi connectivity index (χ1v) is 12.5.